The number of hydrogen-bond acceptors (Lipinski definition) is 4. The van der Waals surface area contributed by atoms with E-state index < -0.39 is 0 Å². The summed E-state index contributed by atoms with van der Waals surface area (Å²) in [6.45, 7) is 9.90. The van der Waals surface area contributed by atoms with Crippen molar-refractivity contribution in [2.24, 2.45) is 4.99 Å². The van der Waals surface area contributed by atoms with Crippen LogP contribution in [-0.2, 0) is 24.4 Å². The Morgan fingerprint density at radius 2 is 1.83 bits per heavy atom. The summed E-state index contributed by atoms with van der Waals surface area (Å²) in [6.07, 6.45) is 1.71. The first-order valence-electron chi connectivity index (χ1n) is 9.78. The third-order valence-corrected chi connectivity index (χ3v) is 4.55. The number of hydrogen-bond donors (Lipinski definition) is 2. The second kappa shape index (κ2) is 12.9. The fraction of sp³-hybridized carbons (Fsp3) is 0.500. The topological polar surface area (TPSA) is 62.0 Å². The van der Waals surface area contributed by atoms with Gasteiger partial charge < -0.3 is 19.8 Å². The van der Waals surface area contributed by atoms with E-state index in [0.717, 1.165) is 31.4 Å². The number of furan rings is 1. The number of aliphatic imine (C=N–C) groups is 1. The van der Waals surface area contributed by atoms with E-state index in [-0.39, 0.29) is 29.6 Å². The third-order valence-electron chi connectivity index (χ3n) is 4.55. The molecule has 162 valence electrons. The highest BCUT2D eigenvalue weighted by Gasteiger charge is 2.16. The van der Waals surface area contributed by atoms with Gasteiger partial charge in [0, 0.05) is 26.7 Å². The van der Waals surface area contributed by atoms with Crippen molar-refractivity contribution in [1.82, 2.24) is 15.5 Å². The molecule has 1 aromatic carbocycles. The molecule has 0 spiro atoms. The standard InChI is InChI=1S/C22H34N4O2.HI/c1-6-23-21(25-17-22(2,3)27-5)24-14-18-10-7-8-11-19(18)15-26(4)16-20-12-9-13-28-20;/h7-13H,6,14-17H2,1-5H3,(H2,23,24,25);1H. The van der Waals surface area contributed by atoms with Gasteiger partial charge in [-0.2, -0.15) is 0 Å². The van der Waals surface area contributed by atoms with E-state index in [2.05, 4.69) is 53.8 Å². The zero-order valence-electron chi connectivity index (χ0n) is 18.2. The molecule has 0 atom stereocenters. The van der Waals surface area contributed by atoms with Crippen LogP contribution in [0.2, 0.25) is 0 Å². The Labute approximate surface area is 192 Å². The van der Waals surface area contributed by atoms with Crippen LogP contribution in [-0.4, -0.2) is 43.7 Å². The second-order valence-corrected chi connectivity index (χ2v) is 7.53. The van der Waals surface area contributed by atoms with Crippen LogP contribution >= 0.6 is 24.0 Å². The third kappa shape index (κ3) is 9.18. The van der Waals surface area contributed by atoms with Crippen molar-refractivity contribution in [3.8, 4) is 0 Å². The van der Waals surface area contributed by atoms with E-state index in [1.54, 1.807) is 13.4 Å². The number of methoxy groups -OCH3 is 1. The number of nitrogens with zero attached hydrogens (tertiary/aromatic N) is 2. The molecule has 0 saturated carbocycles. The summed E-state index contributed by atoms with van der Waals surface area (Å²) in [4.78, 5) is 7.01. The molecule has 0 unspecified atom stereocenters. The zero-order chi connectivity index (χ0) is 20.4. The van der Waals surface area contributed by atoms with Crippen molar-refractivity contribution in [3.63, 3.8) is 0 Å². The summed E-state index contributed by atoms with van der Waals surface area (Å²) in [6, 6.07) is 12.4. The maximum atomic E-state index is 5.48. The smallest absolute Gasteiger partial charge is 0.191 e. The Kier molecular flexibility index (Phi) is 11.3. The average Bonchev–Trinajstić information content (AvgIpc) is 3.18. The molecule has 2 rings (SSSR count). The first-order valence-corrected chi connectivity index (χ1v) is 9.78. The highest BCUT2D eigenvalue weighted by atomic mass is 127. The van der Waals surface area contributed by atoms with Gasteiger partial charge in [0.25, 0.3) is 0 Å². The van der Waals surface area contributed by atoms with Crippen LogP contribution in [0.15, 0.2) is 52.1 Å². The lowest BCUT2D eigenvalue weighted by molar-refractivity contribution is 0.0268. The molecule has 1 heterocycles. The Morgan fingerprint density at radius 1 is 1.10 bits per heavy atom. The van der Waals surface area contributed by atoms with Crippen LogP contribution in [0, 0.1) is 0 Å². The molecule has 0 bridgehead atoms. The Balaban J connectivity index is 0.00000420. The quantitative estimate of drug-likeness (QED) is 0.285. The van der Waals surface area contributed by atoms with Crippen LogP contribution in [0.3, 0.4) is 0 Å². The van der Waals surface area contributed by atoms with E-state index in [4.69, 9.17) is 14.1 Å². The van der Waals surface area contributed by atoms with Gasteiger partial charge in [-0.3, -0.25) is 4.90 Å². The van der Waals surface area contributed by atoms with Gasteiger partial charge in [-0.05, 0) is 51.1 Å². The molecular weight excluding hydrogens is 479 g/mol. The summed E-state index contributed by atoms with van der Waals surface area (Å²) in [5, 5.41) is 6.66. The van der Waals surface area contributed by atoms with Crippen LogP contribution in [0.1, 0.15) is 37.7 Å². The lowest BCUT2D eigenvalue weighted by Gasteiger charge is -2.24. The summed E-state index contributed by atoms with van der Waals surface area (Å²) in [5.41, 5.74) is 2.24. The van der Waals surface area contributed by atoms with Gasteiger partial charge in [-0.15, -0.1) is 24.0 Å². The van der Waals surface area contributed by atoms with Gasteiger partial charge in [0.2, 0.25) is 0 Å². The van der Waals surface area contributed by atoms with Gasteiger partial charge in [0.05, 0.1) is 25.0 Å². The molecule has 6 nitrogen and oxygen atoms in total. The maximum absolute atomic E-state index is 5.48. The van der Waals surface area contributed by atoms with Crippen LogP contribution in [0.5, 0.6) is 0 Å². The number of halogens is 1. The fourth-order valence-electron chi connectivity index (χ4n) is 2.76. The van der Waals surface area contributed by atoms with Gasteiger partial charge in [0.15, 0.2) is 5.96 Å². The van der Waals surface area contributed by atoms with Crippen molar-refractivity contribution in [3.05, 3.63) is 59.5 Å². The molecule has 2 N–H and O–H groups in total. The van der Waals surface area contributed by atoms with E-state index in [1.165, 1.54) is 11.1 Å². The van der Waals surface area contributed by atoms with Crippen LogP contribution in [0.25, 0.3) is 0 Å². The number of benzene rings is 1. The lowest BCUT2D eigenvalue weighted by atomic mass is 10.1. The first kappa shape index (κ1) is 25.5. The predicted octanol–water partition coefficient (Wildman–Crippen LogP) is 4.01. The van der Waals surface area contributed by atoms with Crippen LogP contribution in [0.4, 0.5) is 0 Å². The fourth-order valence-corrected chi connectivity index (χ4v) is 2.76. The van der Waals surface area contributed by atoms with E-state index in [9.17, 15) is 0 Å². The monoisotopic (exact) mass is 514 g/mol. The minimum Gasteiger partial charge on any atom is -0.468 e. The Morgan fingerprint density at radius 3 is 2.45 bits per heavy atom. The highest BCUT2D eigenvalue weighted by Crippen LogP contribution is 2.14. The molecule has 0 saturated heterocycles. The first-order chi connectivity index (χ1) is 13.4. The average molecular weight is 514 g/mol. The van der Waals surface area contributed by atoms with E-state index >= 15 is 0 Å². The summed E-state index contributed by atoms with van der Waals surface area (Å²) in [5.74, 6) is 1.77. The second-order valence-electron chi connectivity index (χ2n) is 7.53. The normalized spacial score (nSPS) is 12.0. The van der Waals surface area contributed by atoms with Crippen molar-refractivity contribution in [2.75, 3.05) is 27.2 Å². The summed E-state index contributed by atoms with van der Waals surface area (Å²) >= 11 is 0. The van der Waals surface area contributed by atoms with E-state index in [1.807, 2.05) is 26.0 Å². The number of rotatable bonds is 10. The SMILES string of the molecule is CCNC(=NCc1ccccc1CN(C)Cc1ccco1)NCC(C)(C)OC.I. The Hall–Kier alpha value is -1.58. The molecule has 0 aliphatic heterocycles. The molecule has 0 radical (unpaired) electrons. The molecule has 0 fully saturated rings. The molecule has 7 heteroatoms. The highest BCUT2D eigenvalue weighted by molar-refractivity contribution is 14.0. The lowest BCUT2D eigenvalue weighted by Crippen LogP contribution is -2.45. The zero-order valence-corrected chi connectivity index (χ0v) is 20.5. The molecule has 0 aliphatic rings. The minimum atomic E-state index is -0.247. The maximum Gasteiger partial charge on any atom is 0.191 e. The van der Waals surface area contributed by atoms with Gasteiger partial charge >= 0.3 is 0 Å². The van der Waals surface area contributed by atoms with Crippen LogP contribution < -0.4 is 10.6 Å². The van der Waals surface area contributed by atoms with Crippen molar-refractivity contribution < 1.29 is 9.15 Å². The summed E-state index contributed by atoms with van der Waals surface area (Å²) in [7, 11) is 3.82. The van der Waals surface area contributed by atoms with E-state index in [0.29, 0.717) is 13.1 Å². The minimum absolute atomic E-state index is 0. The molecular formula is C22H35IN4O2. The number of ether oxygens (including phenoxy) is 1. The largest absolute Gasteiger partial charge is 0.468 e. The summed E-state index contributed by atoms with van der Waals surface area (Å²) < 4.78 is 10.9. The predicted molar refractivity (Wildman–Crippen MR) is 130 cm³/mol. The van der Waals surface area contributed by atoms with Crippen molar-refractivity contribution >= 4 is 29.9 Å². The molecule has 1 aromatic heterocycles. The molecule has 29 heavy (non-hydrogen) atoms. The van der Waals surface area contributed by atoms with Gasteiger partial charge in [0.1, 0.15) is 5.76 Å². The Bertz CT molecular complexity index is 732. The number of nitrogens with one attached hydrogen (secondary N) is 2. The van der Waals surface area contributed by atoms with Crippen molar-refractivity contribution in [2.45, 2.75) is 46.0 Å². The number of guanidine groups is 1. The molecule has 2 aromatic rings. The molecule has 0 aliphatic carbocycles. The van der Waals surface area contributed by atoms with Gasteiger partial charge in [-0.1, -0.05) is 24.3 Å². The molecule has 0 amide bonds. The van der Waals surface area contributed by atoms with Crippen molar-refractivity contribution in [1.29, 1.82) is 0 Å². The van der Waals surface area contributed by atoms with Gasteiger partial charge in [-0.25, -0.2) is 4.99 Å².